The van der Waals surface area contributed by atoms with Crippen molar-refractivity contribution in [1.82, 2.24) is 4.98 Å². The molecule has 1 rings (SSSR count). The Bertz CT molecular complexity index is 331. The second-order valence-corrected chi connectivity index (χ2v) is 3.08. The molecule has 0 radical (unpaired) electrons. The number of hydrogen-bond donors (Lipinski definition) is 0. The molecule has 0 N–H and O–H groups in total. The molecular formula is C7H4BrClF3NO. The third kappa shape index (κ3) is 2.75. The van der Waals surface area contributed by atoms with E-state index >= 15 is 0 Å². The number of aromatic nitrogens is 1. The van der Waals surface area contributed by atoms with Gasteiger partial charge < -0.3 is 4.74 Å². The first kappa shape index (κ1) is 11.6. The summed E-state index contributed by atoms with van der Waals surface area (Å²) in [6, 6.07) is 0.802. The lowest BCUT2D eigenvalue weighted by Crippen LogP contribution is -2.07. The molecule has 0 saturated carbocycles. The Kier molecular flexibility index (Phi) is 3.60. The van der Waals surface area contributed by atoms with E-state index in [-0.39, 0.29) is 11.3 Å². The van der Waals surface area contributed by atoms with Gasteiger partial charge >= 0.3 is 6.18 Å². The van der Waals surface area contributed by atoms with E-state index in [9.17, 15) is 13.2 Å². The molecule has 1 aromatic heterocycles. The van der Waals surface area contributed by atoms with Crippen molar-refractivity contribution in [2.45, 2.75) is 6.18 Å². The molecule has 14 heavy (non-hydrogen) atoms. The molecule has 1 heterocycles. The standard InChI is InChI=1S/C7H4BrClF3NO/c8-3-14-4-1-5(7(10,11)12)6(9)13-2-4/h1-2H,3H2. The van der Waals surface area contributed by atoms with Crippen molar-refractivity contribution in [3.8, 4) is 5.75 Å². The van der Waals surface area contributed by atoms with Crippen molar-refractivity contribution in [3.05, 3.63) is 23.0 Å². The smallest absolute Gasteiger partial charge is 0.419 e. The lowest BCUT2D eigenvalue weighted by atomic mass is 10.3. The van der Waals surface area contributed by atoms with Crippen LogP contribution in [-0.4, -0.2) is 10.5 Å². The van der Waals surface area contributed by atoms with Crippen LogP contribution < -0.4 is 4.74 Å². The molecule has 7 heteroatoms. The van der Waals surface area contributed by atoms with Gasteiger partial charge in [-0.2, -0.15) is 13.2 Å². The predicted octanol–water partition coefficient (Wildman–Crippen LogP) is 3.49. The van der Waals surface area contributed by atoms with E-state index in [1.54, 1.807) is 0 Å². The summed E-state index contributed by atoms with van der Waals surface area (Å²) in [6.45, 7) is 0. The van der Waals surface area contributed by atoms with Gasteiger partial charge in [0.2, 0.25) is 0 Å². The molecule has 0 saturated heterocycles. The summed E-state index contributed by atoms with van der Waals surface area (Å²) in [5.74, 6) is 0.0126. The first-order valence-corrected chi connectivity index (χ1v) is 4.86. The molecule has 78 valence electrons. The molecule has 0 aliphatic carbocycles. The van der Waals surface area contributed by atoms with Crippen LogP contribution >= 0.6 is 27.5 Å². The highest BCUT2D eigenvalue weighted by molar-refractivity contribution is 9.09. The van der Waals surface area contributed by atoms with Crippen molar-refractivity contribution >= 4 is 27.5 Å². The second-order valence-electron chi connectivity index (χ2n) is 2.26. The molecule has 0 amide bonds. The Labute approximate surface area is 91.2 Å². The number of alkyl halides is 4. The Hall–Kier alpha value is -0.490. The molecule has 0 bridgehead atoms. The molecule has 0 aliphatic heterocycles. The highest BCUT2D eigenvalue weighted by Crippen LogP contribution is 2.35. The van der Waals surface area contributed by atoms with E-state index in [1.165, 1.54) is 0 Å². The third-order valence-electron chi connectivity index (χ3n) is 1.34. The molecule has 0 unspecified atom stereocenters. The van der Waals surface area contributed by atoms with E-state index in [1.807, 2.05) is 0 Å². The Morgan fingerprint density at radius 1 is 1.50 bits per heavy atom. The van der Waals surface area contributed by atoms with Crippen molar-refractivity contribution in [2.75, 3.05) is 5.52 Å². The van der Waals surface area contributed by atoms with Crippen LogP contribution in [0.4, 0.5) is 13.2 Å². The van der Waals surface area contributed by atoms with Gasteiger partial charge in [-0.05, 0) is 22.0 Å². The maximum atomic E-state index is 12.3. The predicted molar refractivity (Wildman–Crippen MR) is 48.7 cm³/mol. The molecule has 0 aromatic carbocycles. The van der Waals surface area contributed by atoms with Crippen LogP contribution in [0.1, 0.15) is 5.56 Å². The number of halogens is 5. The second kappa shape index (κ2) is 4.35. The number of rotatable bonds is 2. The van der Waals surface area contributed by atoms with Gasteiger partial charge in [-0.25, -0.2) is 4.98 Å². The molecule has 0 fully saturated rings. The number of hydrogen-bond acceptors (Lipinski definition) is 2. The van der Waals surface area contributed by atoms with Gasteiger partial charge in [0.05, 0.1) is 11.8 Å². The molecular weight excluding hydrogens is 286 g/mol. The van der Waals surface area contributed by atoms with Crippen LogP contribution in [0.25, 0.3) is 0 Å². The van der Waals surface area contributed by atoms with Gasteiger partial charge in [-0.3, -0.25) is 0 Å². The molecule has 0 atom stereocenters. The van der Waals surface area contributed by atoms with E-state index < -0.39 is 16.9 Å². The molecule has 2 nitrogen and oxygen atoms in total. The van der Waals surface area contributed by atoms with Crippen LogP contribution in [0.15, 0.2) is 12.3 Å². The average molecular weight is 290 g/mol. The average Bonchev–Trinajstić information content (AvgIpc) is 2.07. The summed E-state index contributed by atoms with van der Waals surface area (Å²) in [6.07, 6.45) is -3.39. The maximum absolute atomic E-state index is 12.3. The van der Waals surface area contributed by atoms with Crippen LogP contribution in [-0.2, 0) is 6.18 Å². The summed E-state index contributed by atoms with van der Waals surface area (Å²) in [5, 5.41) is -0.584. The lowest BCUT2D eigenvalue weighted by Gasteiger charge is -2.09. The van der Waals surface area contributed by atoms with Crippen molar-refractivity contribution in [2.24, 2.45) is 0 Å². The Morgan fingerprint density at radius 3 is 2.64 bits per heavy atom. The number of pyridine rings is 1. The summed E-state index contributed by atoms with van der Waals surface area (Å²) in [7, 11) is 0. The highest BCUT2D eigenvalue weighted by atomic mass is 79.9. The zero-order valence-corrected chi connectivity index (χ0v) is 8.95. The largest absolute Gasteiger partial charge is 0.481 e. The fourth-order valence-corrected chi connectivity index (χ4v) is 1.24. The van der Waals surface area contributed by atoms with Gasteiger partial charge in [0.25, 0.3) is 0 Å². The quantitative estimate of drug-likeness (QED) is 0.614. The van der Waals surface area contributed by atoms with Crippen LogP contribution in [0.5, 0.6) is 5.75 Å². The SMILES string of the molecule is FC(F)(F)c1cc(OCBr)cnc1Cl. The van der Waals surface area contributed by atoms with E-state index in [4.69, 9.17) is 16.3 Å². The van der Waals surface area contributed by atoms with Gasteiger partial charge in [0.15, 0.2) is 0 Å². The van der Waals surface area contributed by atoms with Gasteiger partial charge in [0, 0.05) is 0 Å². The van der Waals surface area contributed by atoms with E-state index in [2.05, 4.69) is 20.9 Å². The Morgan fingerprint density at radius 2 is 2.14 bits per heavy atom. The van der Waals surface area contributed by atoms with E-state index in [0.29, 0.717) is 0 Å². The summed E-state index contributed by atoms with van der Waals surface area (Å²) >= 11 is 8.20. The summed E-state index contributed by atoms with van der Waals surface area (Å²) in [4.78, 5) is 3.36. The minimum atomic E-state index is -4.52. The Balaban J connectivity index is 3.09. The highest BCUT2D eigenvalue weighted by Gasteiger charge is 2.34. The van der Waals surface area contributed by atoms with Gasteiger partial charge in [-0.1, -0.05) is 11.6 Å². The third-order valence-corrected chi connectivity index (χ3v) is 1.87. The summed E-state index contributed by atoms with van der Waals surface area (Å²) < 4.78 is 41.6. The van der Waals surface area contributed by atoms with E-state index in [0.717, 1.165) is 12.3 Å². The number of nitrogens with zero attached hydrogens (tertiary/aromatic N) is 1. The van der Waals surface area contributed by atoms with Crippen LogP contribution in [0.3, 0.4) is 0 Å². The van der Waals surface area contributed by atoms with Crippen LogP contribution in [0.2, 0.25) is 5.15 Å². The topological polar surface area (TPSA) is 22.1 Å². The monoisotopic (exact) mass is 289 g/mol. The number of ether oxygens (including phenoxy) is 1. The molecule has 0 aliphatic rings. The van der Waals surface area contributed by atoms with Crippen molar-refractivity contribution < 1.29 is 17.9 Å². The molecule has 0 spiro atoms. The first-order chi connectivity index (χ1) is 6.45. The molecule has 1 aromatic rings. The fourth-order valence-electron chi connectivity index (χ4n) is 0.770. The fraction of sp³-hybridized carbons (Fsp3) is 0.286. The van der Waals surface area contributed by atoms with Gasteiger partial charge in [-0.15, -0.1) is 0 Å². The first-order valence-electron chi connectivity index (χ1n) is 3.36. The maximum Gasteiger partial charge on any atom is 0.419 e. The van der Waals surface area contributed by atoms with Gasteiger partial charge in [0.1, 0.15) is 16.4 Å². The normalized spacial score (nSPS) is 11.5. The minimum absolute atomic E-state index is 0.0126. The minimum Gasteiger partial charge on any atom is -0.481 e. The zero-order chi connectivity index (χ0) is 10.8. The van der Waals surface area contributed by atoms with Crippen molar-refractivity contribution in [3.63, 3.8) is 0 Å². The zero-order valence-electron chi connectivity index (χ0n) is 6.61. The summed E-state index contributed by atoms with van der Waals surface area (Å²) in [5.41, 5.74) is -0.911. The van der Waals surface area contributed by atoms with Crippen LogP contribution in [0, 0.1) is 0 Å². The van der Waals surface area contributed by atoms with Crippen molar-refractivity contribution in [1.29, 1.82) is 0 Å². The lowest BCUT2D eigenvalue weighted by molar-refractivity contribution is -0.137.